The van der Waals surface area contributed by atoms with Gasteiger partial charge in [0.2, 0.25) is 5.91 Å². The number of carbonyl (C=O) groups is 2. The monoisotopic (exact) mass is 361 g/mol. The van der Waals surface area contributed by atoms with Crippen LogP contribution in [0.25, 0.3) is 0 Å². The number of hydrogen-bond acceptors (Lipinski definition) is 3. The lowest BCUT2D eigenvalue weighted by atomic mass is 9.96. The van der Waals surface area contributed by atoms with Crippen LogP contribution in [-0.2, 0) is 16.0 Å². The van der Waals surface area contributed by atoms with Crippen molar-refractivity contribution in [2.75, 3.05) is 46.9 Å². The van der Waals surface area contributed by atoms with Crippen LogP contribution < -0.4 is 5.32 Å². The number of carbonyl (C=O) groups excluding carboxylic acids is 2. The molecule has 0 atom stereocenters. The minimum absolute atomic E-state index is 0.0370. The molecule has 1 aliphatic heterocycles. The molecule has 2 rings (SSSR count). The normalized spacial score (nSPS) is 14.9. The number of benzene rings is 1. The largest absolute Gasteiger partial charge is 0.381 e. The van der Waals surface area contributed by atoms with Gasteiger partial charge in [-0.25, -0.2) is 4.79 Å². The maximum Gasteiger partial charge on any atom is 0.317 e. The van der Waals surface area contributed by atoms with Gasteiger partial charge in [-0.2, -0.15) is 0 Å². The molecule has 6 nitrogen and oxygen atoms in total. The van der Waals surface area contributed by atoms with Gasteiger partial charge in [0.05, 0.1) is 6.61 Å². The Bertz CT molecular complexity index is 555. The molecule has 1 saturated heterocycles. The third kappa shape index (κ3) is 6.67. The number of likely N-dealkylation sites (tertiary alicyclic amines) is 1. The Morgan fingerprint density at radius 3 is 2.50 bits per heavy atom. The first-order chi connectivity index (χ1) is 12.6. The number of urea groups is 1. The van der Waals surface area contributed by atoms with Crippen molar-refractivity contribution in [3.8, 4) is 0 Å². The molecule has 6 heteroatoms. The number of rotatable bonds is 8. The van der Waals surface area contributed by atoms with Crippen LogP contribution in [0.4, 0.5) is 4.79 Å². The van der Waals surface area contributed by atoms with Gasteiger partial charge in [-0.15, -0.1) is 0 Å². The molecule has 1 N–H and O–H groups in total. The molecule has 1 aliphatic rings. The first-order valence-electron chi connectivity index (χ1n) is 9.43. The molecule has 26 heavy (non-hydrogen) atoms. The highest BCUT2D eigenvalue weighted by Crippen LogP contribution is 2.18. The molecular weight excluding hydrogens is 330 g/mol. The lowest BCUT2D eigenvalue weighted by Crippen LogP contribution is -2.47. The van der Waals surface area contributed by atoms with Gasteiger partial charge < -0.3 is 19.9 Å². The van der Waals surface area contributed by atoms with Crippen molar-refractivity contribution in [3.05, 3.63) is 35.9 Å². The lowest BCUT2D eigenvalue weighted by Gasteiger charge is -2.32. The highest BCUT2D eigenvalue weighted by molar-refractivity contribution is 5.79. The number of nitrogens with zero attached hydrogens (tertiary/aromatic N) is 2. The van der Waals surface area contributed by atoms with Gasteiger partial charge in [-0.05, 0) is 31.2 Å². The number of nitrogens with one attached hydrogen (secondary N) is 1. The summed E-state index contributed by atoms with van der Waals surface area (Å²) in [6, 6.07) is 10.2. The van der Waals surface area contributed by atoms with Crippen molar-refractivity contribution in [1.82, 2.24) is 15.1 Å². The Labute approximate surface area is 156 Å². The Kier molecular flexibility index (Phi) is 8.41. The predicted molar refractivity (Wildman–Crippen MR) is 102 cm³/mol. The first-order valence-corrected chi connectivity index (χ1v) is 9.43. The maximum absolute atomic E-state index is 12.2. The van der Waals surface area contributed by atoms with Crippen molar-refractivity contribution in [1.29, 1.82) is 0 Å². The van der Waals surface area contributed by atoms with Gasteiger partial charge in [-0.1, -0.05) is 30.3 Å². The Morgan fingerprint density at radius 1 is 1.15 bits per heavy atom. The fourth-order valence-corrected chi connectivity index (χ4v) is 3.11. The summed E-state index contributed by atoms with van der Waals surface area (Å²) in [4.78, 5) is 27.6. The third-order valence-corrected chi connectivity index (χ3v) is 4.69. The second-order valence-electron chi connectivity index (χ2n) is 6.93. The van der Waals surface area contributed by atoms with Gasteiger partial charge in [0, 0.05) is 46.3 Å². The smallest absolute Gasteiger partial charge is 0.317 e. The van der Waals surface area contributed by atoms with Crippen molar-refractivity contribution in [3.63, 3.8) is 0 Å². The zero-order valence-electron chi connectivity index (χ0n) is 15.9. The second-order valence-corrected chi connectivity index (χ2v) is 6.93. The summed E-state index contributed by atoms with van der Waals surface area (Å²) >= 11 is 0. The molecule has 0 unspecified atom stereocenters. The lowest BCUT2D eigenvalue weighted by molar-refractivity contribution is -0.134. The minimum Gasteiger partial charge on any atom is -0.381 e. The van der Waals surface area contributed by atoms with Crippen molar-refractivity contribution >= 4 is 11.9 Å². The van der Waals surface area contributed by atoms with Crippen molar-refractivity contribution in [2.45, 2.75) is 25.7 Å². The van der Waals surface area contributed by atoms with E-state index in [0.29, 0.717) is 32.8 Å². The number of ether oxygens (including phenoxy) is 1. The van der Waals surface area contributed by atoms with Crippen LogP contribution in [0.3, 0.4) is 0 Å². The summed E-state index contributed by atoms with van der Waals surface area (Å²) in [6.45, 7) is 3.24. The molecule has 1 aromatic carbocycles. The van der Waals surface area contributed by atoms with E-state index in [0.717, 1.165) is 25.7 Å². The fourth-order valence-electron chi connectivity index (χ4n) is 3.11. The summed E-state index contributed by atoms with van der Waals surface area (Å²) in [5.74, 6) is 0.213. The molecule has 0 radical (unpaired) electrons. The van der Waals surface area contributed by atoms with E-state index in [-0.39, 0.29) is 17.9 Å². The minimum atomic E-state index is -0.0370. The van der Waals surface area contributed by atoms with E-state index in [1.807, 2.05) is 18.2 Å². The van der Waals surface area contributed by atoms with Crippen LogP contribution >= 0.6 is 0 Å². The Morgan fingerprint density at radius 2 is 1.85 bits per heavy atom. The van der Waals surface area contributed by atoms with E-state index in [2.05, 4.69) is 17.4 Å². The van der Waals surface area contributed by atoms with Crippen LogP contribution in [0.2, 0.25) is 0 Å². The zero-order chi connectivity index (χ0) is 18.8. The maximum atomic E-state index is 12.2. The van der Waals surface area contributed by atoms with E-state index in [4.69, 9.17) is 4.74 Å². The highest BCUT2D eigenvalue weighted by atomic mass is 16.5. The van der Waals surface area contributed by atoms with Gasteiger partial charge >= 0.3 is 6.03 Å². The number of piperidine rings is 1. The predicted octanol–water partition coefficient (Wildman–Crippen LogP) is 2.15. The zero-order valence-corrected chi connectivity index (χ0v) is 15.9. The van der Waals surface area contributed by atoms with E-state index in [1.54, 1.807) is 23.9 Å². The molecule has 144 valence electrons. The fraction of sp³-hybridized carbons (Fsp3) is 0.600. The number of amides is 3. The van der Waals surface area contributed by atoms with Crippen molar-refractivity contribution in [2.24, 2.45) is 5.92 Å². The van der Waals surface area contributed by atoms with Gasteiger partial charge in [0.25, 0.3) is 0 Å². The molecule has 0 saturated carbocycles. The van der Waals surface area contributed by atoms with Crippen LogP contribution in [0.1, 0.15) is 24.8 Å². The topological polar surface area (TPSA) is 61.9 Å². The molecule has 0 bridgehead atoms. The molecule has 1 fully saturated rings. The molecule has 1 heterocycles. The van der Waals surface area contributed by atoms with Gasteiger partial charge in [-0.3, -0.25) is 4.79 Å². The quantitative estimate of drug-likeness (QED) is 0.722. The Balaban J connectivity index is 1.51. The van der Waals surface area contributed by atoms with E-state index in [9.17, 15) is 9.59 Å². The van der Waals surface area contributed by atoms with E-state index >= 15 is 0 Å². The molecule has 0 spiro atoms. The van der Waals surface area contributed by atoms with Gasteiger partial charge in [0.1, 0.15) is 0 Å². The molecule has 0 aliphatic carbocycles. The first kappa shape index (κ1) is 20.2. The van der Waals surface area contributed by atoms with Gasteiger partial charge in [0.15, 0.2) is 0 Å². The molecule has 3 amide bonds. The summed E-state index contributed by atoms with van der Waals surface area (Å²) in [5, 5.41) is 2.94. The molecule has 0 aromatic heterocycles. The van der Waals surface area contributed by atoms with Crippen LogP contribution in [0.5, 0.6) is 0 Å². The number of hydrogen-bond donors (Lipinski definition) is 1. The highest BCUT2D eigenvalue weighted by Gasteiger charge is 2.27. The van der Waals surface area contributed by atoms with Crippen LogP contribution in [-0.4, -0.2) is 68.7 Å². The average Bonchev–Trinajstić information content (AvgIpc) is 2.67. The summed E-state index contributed by atoms with van der Waals surface area (Å²) in [5.41, 5.74) is 1.27. The van der Waals surface area contributed by atoms with E-state index < -0.39 is 0 Å². The molecular formula is C20H31N3O3. The van der Waals surface area contributed by atoms with E-state index in [1.165, 1.54) is 5.56 Å². The summed E-state index contributed by atoms with van der Waals surface area (Å²) in [6.07, 6.45) is 3.20. The average molecular weight is 361 g/mol. The summed E-state index contributed by atoms with van der Waals surface area (Å²) < 4.78 is 5.62. The Hall–Kier alpha value is -2.08. The van der Waals surface area contributed by atoms with Crippen LogP contribution in [0.15, 0.2) is 30.3 Å². The molecule has 1 aromatic rings. The second kappa shape index (κ2) is 10.8. The summed E-state index contributed by atoms with van der Waals surface area (Å²) in [7, 11) is 3.56. The van der Waals surface area contributed by atoms with Crippen LogP contribution in [0, 0.1) is 5.92 Å². The third-order valence-electron chi connectivity index (χ3n) is 4.69. The SMILES string of the molecule is CN(C)C(=O)C1CCN(C(=O)NCCCOCCc2ccccc2)CC1. The van der Waals surface area contributed by atoms with Crippen molar-refractivity contribution < 1.29 is 14.3 Å². The standard InChI is InChI=1S/C20H31N3O3/c1-22(2)19(24)18-9-13-23(14-10-18)20(25)21-12-6-15-26-16-11-17-7-4-3-5-8-17/h3-5,7-8,18H,6,9-16H2,1-2H3,(H,21,25).